The van der Waals surface area contributed by atoms with Crippen molar-refractivity contribution >= 4 is 11.6 Å². The lowest BCUT2D eigenvalue weighted by Crippen LogP contribution is -2.16. The van der Waals surface area contributed by atoms with Crippen LogP contribution in [0.5, 0.6) is 0 Å². The van der Waals surface area contributed by atoms with E-state index in [9.17, 15) is 18.0 Å². The first-order valence-electron chi connectivity index (χ1n) is 8.93. The van der Waals surface area contributed by atoms with Gasteiger partial charge in [-0.2, -0.15) is 18.3 Å². The van der Waals surface area contributed by atoms with Gasteiger partial charge in [0.1, 0.15) is 5.69 Å². The zero-order valence-corrected chi connectivity index (χ0v) is 14.6. The molecule has 7 heteroatoms. The summed E-state index contributed by atoms with van der Waals surface area (Å²) in [4.78, 5) is 12.4. The predicted octanol–water partition coefficient (Wildman–Crippen LogP) is 5.18. The number of carbonyl (C=O) groups excluding carboxylic acids is 1. The van der Waals surface area contributed by atoms with Gasteiger partial charge in [0.15, 0.2) is 0 Å². The maximum Gasteiger partial charge on any atom is 0.416 e. The number of benzene rings is 1. The molecule has 1 saturated carbocycles. The van der Waals surface area contributed by atoms with E-state index in [0.717, 1.165) is 30.7 Å². The van der Waals surface area contributed by atoms with E-state index >= 15 is 0 Å². The van der Waals surface area contributed by atoms with Gasteiger partial charge in [0.05, 0.1) is 16.9 Å². The van der Waals surface area contributed by atoms with Crippen molar-refractivity contribution < 1.29 is 18.0 Å². The fourth-order valence-corrected chi connectivity index (χ4v) is 3.46. The van der Waals surface area contributed by atoms with Crippen LogP contribution in [-0.4, -0.2) is 16.1 Å². The summed E-state index contributed by atoms with van der Waals surface area (Å²) in [7, 11) is 0. The van der Waals surface area contributed by atoms with Gasteiger partial charge < -0.3 is 5.32 Å². The van der Waals surface area contributed by atoms with Crippen LogP contribution in [0.15, 0.2) is 24.3 Å². The van der Waals surface area contributed by atoms with Gasteiger partial charge in [-0.1, -0.05) is 31.9 Å². The lowest BCUT2D eigenvalue weighted by Gasteiger charge is -2.12. The summed E-state index contributed by atoms with van der Waals surface area (Å²) in [5.41, 5.74) is 1.62. The molecule has 0 atom stereocenters. The van der Waals surface area contributed by atoms with E-state index in [2.05, 4.69) is 15.5 Å². The second-order valence-electron chi connectivity index (χ2n) is 6.76. The van der Waals surface area contributed by atoms with Crippen molar-refractivity contribution in [1.29, 1.82) is 0 Å². The Balaban J connectivity index is 1.81. The molecule has 26 heavy (non-hydrogen) atoms. The lowest BCUT2D eigenvalue weighted by atomic mass is 10.0. The smallest absolute Gasteiger partial charge is 0.323 e. The Hall–Kier alpha value is -2.31. The molecule has 0 spiro atoms. The number of aryl methyl sites for hydroxylation is 1. The van der Waals surface area contributed by atoms with Gasteiger partial charge in [0.2, 0.25) is 5.91 Å². The first-order chi connectivity index (χ1) is 12.4. The van der Waals surface area contributed by atoms with Crippen LogP contribution in [0.1, 0.15) is 50.3 Å². The quantitative estimate of drug-likeness (QED) is 0.767. The number of aromatic amines is 1. The summed E-state index contributed by atoms with van der Waals surface area (Å²) in [5.74, 6) is 0.350. The molecule has 1 fully saturated rings. The monoisotopic (exact) mass is 365 g/mol. The Morgan fingerprint density at radius 2 is 1.88 bits per heavy atom. The maximum atomic E-state index is 12.7. The molecule has 0 unspecified atom stereocenters. The van der Waals surface area contributed by atoms with E-state index in [1.54, 1.807) is 0 Å². The number of carbonyl (C=O) groups is 1. The van der Waals surface area contributed by atoms with E-state index < -0.39 is 11.7 Å². The van der Waals surface area contributed by atoms with Crippen LogP contribution in [0.2, 0.25) is 0 Å². The van der Waals surface area contributed by atoms with E-state index in [-0.39, 0.29) is 5.91 Å². The number of anilines is 1. The highest BCUT2D eigenvalue weighted by Gasteiger charge is 2.30. The third-order valence-electron chi connectivity index (χ3n) is 4.89. The van der Waals surface area contributed by atoms with E-state index in [1.807, 2.05) is 6.92 Å². The molecular weight excluding hydrogens is 343 g/mol. The minimum absolute atomic E-state index is 0.0684. The molecule has 1 aliphatic rings. The zero-order chi connectivity index (χ0) is 18.7. The Bertz CT molecular complexity index is 759. The van der Waals surface area contributed by atoms with Crippen molar-refractivity contribution in [2.45, 2.75) is 51.6 Å². The third kappa shape index (κ3) is 4.08. The predicted molar refractivity (Wildman–Crippen MR) is 93.6 cm³/mol. The maximum absolute atomic E-state index is 12.7. The van der Waals surface area contributed by atoms with Crippen molar-refractivity contribution in [3.8, 4) is 11.3 Å². The van der Waals surface area contributed by atoms with Gasteiger partial charge in [-0.15, -0.1) is 0 Å². The van der Waals surface area contributed by atoms with Crippen LogP contribution >= 0.6 is 0 Å². The van der Waals surface area contributed by atoms with Crippen LogP contribution in [0.4, 0.5) is 18.9 Å². The molecule has 4 nitrogen and oxygen atoms in total. The molecule has 1 aliphatic carbocycles. The van der Waals surface area contributed by atoms with Crippen LogP contribution in [0.25, 0.3) is 11.3 Å². The lowest BCUT2D eigenvalue weighted by molar-refractivity contribution is -0.137. The van der Waals surface area contributed by atoms with E-state index in [4.69, 9.17) is 0 Å². The molecule has 2 aromatic rings. The standard InChI is InChI=1S/C19H22F3N3O/c1-2-15-18(23-16(26)11-12-5-3-4-6-12)17(25-24-15)13-7-9-14(10-8-13)19(20,21)22/h7-10,12H,2-6,11H2,1H3,(H,23,26)(H,24,25). The average molecular weight is 365 g/mol. The molecule has 3 rings (SSSR count). The number of nitrogens with zero attached hydrogens (tertiary/aromatic N) is 1. The Labute approximate surface area is 150 Å². The molecule has 0 radical (unpaired) electrons. The van der Waals surface area contributed by atoms with Crippen LogP contribution < -0.4 is 5.32 Å². The van der Waals surface area contributed by atoms with Gasteiger partial charge in [-0.3, -0.25) is 9.89 Å². The third-order valence-corrected chi connectivity index (χ3v) is 4.89. The summed E-state index contributed by atoms with van der Waals surface area (Å²) in [5, 5.41) is 10.0. The molecule has 140 valence electrons. The first kappa shape index (κ1) is 18.5. The summed E-state index contributed by atoms with van der Waals surface area (Å²) in [6.07, 6.45) is 1.21. The molecule has 1 amide bonds. The number of amides is 1. The molecule has 2 N–H and O–H groups in total. The normalized spacial score (nSPS) is 15.4. The van der Waals surface area contributed by atoms with Gasteiger partial charge in [0, 0.05) is 12.0 Å². The zero-order valence-electron chi connectivity index (χ0n) is 14.6. The minimum Gasteiger partial charge on any atom is -0.323 e. The fraction of sp³-hybridized carbons (Fsp3) is 0.474. The number of hydrogen-bond donors (Lipinski definition) is 2. The summed E-state index contributed by atoms with van der Waals surface area (Å²) < 4.78 is 38.2. The van der Waals surface area contributed by atoms with Crippen molar-refractivity contribution in [1.82, 2.24) is 10.2 Å². The number of alkyl halides is 3. The second-order valence-corrected chi connectivity index (χ2v) is 6.76. The number of hydrogen-bond acceptors (Lipinski definition) is 2. The molecular formula is C19H22F3N3O. The molecule has 0 bridgehead atoms. The SMILES string of the molecule is CCc1[nH]nc(-c2ccc(C(F)(F)F)cc2)c1NC(=O)CC1CCCC1. The van der Waals surface area contributed by atoms with E-state index in [1.165, 1.54) is 25.0 Å². The van der Waals surface area contributed by atoms with Crippen LogP contribution in [0.3, 0.4) is 0 Å². The Morgan fingerprint density at radius 1 is 1.23 bits per heavy atom. The number of H-pyrrole nitrogens is 1. The fourth-order valence-electron chi connectivity index (χ4n) is 3.46. The highest BCUT2D eigenvalue weighted by molar-refractivity contribution is 5.95. The molecule has 0 aliphatic heterocycles. The molecule has 1 aromatic carbocycles. The average Bonchev–Trinajstić information content (AvgIpc) is 3.24. The summed E-state index contributed by atoms with van der Waals surface area (Å²) >= 11 is 0. The largest absolute Gasteiger partial charge is 0.416 e. The van der Waals surface area contributed by atoms with Gasteiger partial charge in [-0.05, 0) is 37.3 Å². The number of halogens is 3. The van der Waals surface area contributed by atoms with Gasteiger partial charge in [0.25, 0.3) is 0 Å². The molecule has 1 aromatic heterocycles. The van der Waals surface area contributed by atoms with Crippen molar-refractivity contribution in [2.75, 3.05) is 5.32 Å². The van der Waals surface area contributed by atoms with Crippen molar-refractivity contribution in [3.63, 3.8) is 0 Å². The summed E-state index contributed by atoms with van der Waals surface area (Å²) in [6, 6.07) is 4.82. The topological polar surface area (TPSA) is 57.8 Å². The minimum atomic E-state index is -4.38. The number of aromatic nitrogens is 2. The van der Waals surface area contributed by atoms with E-state index in [0.29, 0.717) is 35.7 Å². The molecule has 1 heterocycles. The highest BCUT2D eigenvalue weighted by Crippen LogP contribution is 2.34. The number of rotatable bonds is 5. The van der Waals surface area contributed by atoms with Crippen molar-refractivity contribution in [3.05, 3.63) is 35.5 Å². The first-order valence-corrected chi connectivity index (χ1v) is 8.93. The highest BCUT2D eigenvalue weighted by atomic mass is 19.4. The number of nitrogens with one attached hydrogen (secondary N) is 2. The van der Waals surface area contributed by atoms with Crippen LogP contribution in [-0.2, 0) is 17.4 Å². The Morgan fingerprint density at radius 3 is 2.46 bits per heavy atom. The Kier molecular flexibility index (Phi) is 5.34. The van der Waals surface area contributed by atoms with Crippen molar-refractivity contribution in [2.24, 2.45) is 5.92 Å². The second kappa shape index (κ2) is 7.51. The molecule has 0 saturated heterocycles. The van der Waals surface area contributed by atoms with Crippen LogP contribution in [0, 0.1) is 5.92 Å². The van der Waals surface area contributed by atoms with Gasteiger partial charge in [-0.25, -0.2) is 0 Å². The van der Waals surface area contributed by atoms with Gasteiger partial charge >= 0.3 is 6.18 Å². The summed E-state index contributed by atoms with van der Waals surface area (Å²) in [6.45, 7) is 1.93.